The summed E-state index contributed by atoms with van der Waals surface area (Å²) in [7, 11) is 0. The number of benzene rings is 2. The minimum absolute atomic E-state index is 0.0595. The van der Waals surface area contributed by atoms with Crippen LogP contribution in [0.1, 0.15) is 20.7 Å². The van der Waals surface area contributed by atoms with Gasteiger partial charge in [0.25, 0.3) is 17.0 Å². The van der Waals surface area contributed by atoms with Gasteiger partial charge < -0.3 is 15.7 Å². The van der Waals surface area contributed by atoms with Crippen LogP contribution >= 0.6 is 0 Å². The van der Waals surface area contributed by atoms with Gasteiger partial charge >= 0.3 is 0 Å². The molecule has 4 aromatic rings. The zero-order valence-corrected chi connectivity index (χ0v) is 16.0. The average Bonchev–Trinajstić information content (AvgIpc) is 2.80. The van der Waals surface area contributed by atoms with E-state index in [1.165, 1.54) is 12.4 Å². The van der Waals surface area contributed by atoms with Crippen LogP contribution in [0, 0.1) is 0 Å². The van der Waals surface area contributed by atoms with E-state index in [0.717, 1.165) is 0 Å². The molecule has 31 heavy (non-hydrogen) atoms. The standard InChI is InChI=1S/C11H10N2O2.C10H6N4O2/c12-5-10(14)9-6-13-11(15)8-4-2-1-3-7(8)9;11-14-13-10(16)8-5-12-9(15)7-4-2-1-3-6(7)8/h1-4,6H,5,12H2,(H,13,15);1-5H,(H,12,15). The molecule has 0 fully saturated rings. The Morgan fingerprint density at radius 1 is 0.839 bits per heavy atom. The highest BCUT2D eigenvalue weighted by Gasteiger charge is 2.10. The molecule has 2 heterocycles. The third kappa shape index (κ3) is 4.40. The lowest BCUT2D eigenvalue weighted by Gasteiger charge is -2.02. The predicted octanol–water partition coefficient (Wildman–Crippen LogP) is 2.65. The number of aromatic amines is 2. The second-order valence-corrected chi connectivity index (χ2v) is 6.28. The highest BCUT2D eigenvalue weighted by molar-refractivity contribution is 6.08. The van der Waals surface area contributed by atoms with Gasteiger partial charge in [-0.15, -0.1) is 0 Å². The minimum atomic E-state index is -0.713. The summed E-state index contributed by atoms with van der Waals surface area (Å²) in [5.74, 6) is -0.891. The van der Waals surface area contributed by atoms with Gasteiger partial charge in [0.2, 0.25) is 0 Å². The molecule has 0 saturated carbocycles. The Morgan fingerprint density at radius 2 is 1.29 bits per heavy atom. The van der Waals surface area contributed by atoms with Gasteiger partial charge in [0, 0.05) is 39.2 Å². The van der Waals surface area contributed by atoms with Crippen LogP contribution in [0.4, 0.5) is 0 Å². The van der Waals surface area contributed by atoms with Crippen molar-refractivity contribution in [3.05, 3.63) is 103 Å². The highest BCUT2D eigenvalue weighted by Crippen LogP contribution is 2.15. The van der Waals surface area contributed by atoms with E-state index in [1.54, 1.807) is 48.5 Å². The van der Waals surface area contributed by atoms with E-state index >= 15 is 0 Å². The maximum Gasteiger partial charge on any atom is 0.255 e. The third-order valence-corrected chi connectivity index (χ3v) is 4.47. The maximum atomic E-state index is 11.5. The molecule has 0 atom stereocenters. The van der Waals surface area contributed by atoms with E-state index in [-0.39, 0.29) is 29.0 Å². The summed E-state index contributed by atoms with van der Waals surface area (Å²) in [5, 5.41) is 5.02. The fraction of sp³-hybridized carbons (Fsp3) is 0.0476. The molecule has 0 radical (unpaired) electrons. The Kier molecular flexibility index (Phi) is 6.36. The summed E-state index contributed by atoms with van der Waals surface area (Å²) in [5.41, 5.74) is 13.7. The second-order valence-electron chi connectivity index (χ2n) is 6.28. The van der Waals surface area contributed by atoms with Crippen LogP contribution < -0.4 is 16.9 Å². The Hall–Kier alpha value is -4.53. The largest absolute Gasteiger partial charge is 0.328 e. The molecule has 2 aromatic heterocycles. The van der Waals surface area contributed by atoms with Crippen molar-refractivity contribution in [2.24, 2.45) is 10.8 Å². The topological polar surface area (TPSA) is 175 Å². The van der Waals surface area contributed by atoms with Gasteiger partial charge in [-0.25, -0.2) is 0 Å². The molecular formula is C21H16N6O4. The van der Waals surface area contributed by atoms with Crippen LogP contribution in [-0.4, -0.2) is 28.2 Å². The number of ketones is 1. The normalized spacial score (nSPS) is 10.1. The molecule has 0 aliphatic carbocycles. The smallest absolute Gasteiger partial charge is 0.255 e. The number of rotatable bonds is 3. The van der Waals surface area contributed by atoms with Crippen molar-refractivity contribution in [3.63, 3.8) is 0 Å². The number of fused-ring (bicyclic) bond motifs is 2. The van der Waals surface area contributed by atoms with Gasteiger partial charge in [-0.1, -0.05) is 36.4 Å². The highest BCUT2D eigenvalue weighted by atomic mass is 16.2. The first kappa shape index (κ1) is 21.2. The second kappa shape index (κ2) is 9.31. The minimum Gasteiger partial charge on any atom is -0.328 e. The number of nitrogens with one attached hydrogen (secondary N) is 2. The molecule has 10 nitrogen and oxygen atoms in total. The number of pyridine rings is 2. The summed E-state index contributed by atoms with van der Waals surface area (Å²) in [6.07, 6.45) is 2.67. The van der Waals surface area contributed by atoms with Crippen molar-refractivity contribution < 1.29 is 9.59 Å². The molecule has 4 rings (SSSR count). The van der Waals surface area contributed by atoms with Crippen LogP contribution in [0.2, 0.25) is 0 Å². The monoisotopic (exact) mass is 416 g/mol. The molecule has 0 spiro atoms. The van der Waals surface area contributed by atoms with Gasteiger partial charge in [-0.05, 0) is 33.6 Å². The molecule has 2 aromatic carbocycles. The summed E-state index contributed by atoms with van der Waals surface area (Å²) in [6, 6.07) is 13.6. The number of amides is 1. The lowest BCUT2D eigenvalue weighted by molar-refractivity contribution is 0.0994. The number of aromatic nitrogens is 2. The fourth-order valence-electron chi connectivity index (χ4n) is 3.03. The molecular weight excluding hydrogens is 400 g/mol. The molecule has 0 aliphatic heterocycles. The number of azide groups is 1. The number of nitrogens with two attached hydrogens (primary N) is 1. The van der Waals surface area contributed by atoms with Crippen LogP contribution in [0.15, 0.2) is 75.6 Å². The quantitative estimate of drug-likeness (QED) is 0.201. The molecule has 0 aliphatic rings. The number of H-pyrrole nitrogens is 2. The summed E-state index contributed by atoms with van der Waals surface area (Å²) < 4.78 is 0. The first-order valence-corrected chi connectivity index (χ1v) is 9.01. The number of nitrogens with zero attached hydrogens (tertiary/aromatic N) is 3. The van der Waals surface area contributed by atoms with Crippen LogP contribution in [0.25, 0.3) is 32.0 Å². The number of carbonyl (C=O) groups excluding carboxylic acids is 2. The van der Waals surface area contributed by atoms with E-state index in [1.807, 2.05) is 0 Å². The van der Waals surface area contributed by atoms with Gasteiger partial charge in [0.05, 0.1) is 6.54 Å². The van der Waals surface area contributed by atoms with Crippen molar-refractivity contribution in [1.29, 1.82) is 0 Å². The molecule has 4 N–H and O–H groups in total. The van der Waals surface area contributed by atoms with Crippen LogP contribution in [0.3, 0.4) is 0 Å². The average molecular weight is 416 g/mol. The summed E-state index contributed by atoms with van der Waals surface area (Å²) in [4.78, 5) is 53.2. The Bertz CT molecular complexity index is 1460. The van der Waals surface area contributed by atoms with E-state index < -0.39 is 5.91 Å². The van der Waals surface area contributed by atoms with Gasteiger partial charge in [-0.2, -0.15) is 0 Å². The van der Waals surface area contributed by atoms with E-state index in [2.05, 4.69) is 20.0 Å². The lowest BCUT2D eigenvalue weighted by Crippen LogP contribution is -2.17. The van der Waals surface area contributed by atoms with Gasteiger partial charge in [-0.3, -0.25) is 19.2 Å². The third-order valence-electron chi connectivity index (χ3n) is 4.47. The molecule has 10 heteroatoms. The molecule has 0 unspecified atom stereocenters. The van der Waals surface area contributed by atoms with E-state index in [4.69, 9.17) is 11.3 Å². The first-order valence-electron chi connectivity index (χ1n) is 9.01. The molecule has 154 valence electrons. The Balaban J connectivity index is 0.000000176. The van der Waals surface area contributed by atoms with Crippen molar-refractivity contribution in [2.45, 2.75) is 0 Å². The van der Waals surface area contributed by atoms with Gasteiger partial charge in [0.1, 0.15) is 0 Å². The number of carbonyl (C=O) groups is 2. The first-order chi connectivity index (χ1) is 15.0. The SMILES string of the molecule is NCC(=O)c1c[nH]c(=O)c2ccccc12.[N-]=[N+]=NC(=O)c1c[nH]c(=O)c2ccccc12. The van der Waals surface area contributed by atoms with Gasteiger partial charge in [0.15, 0.2) is 5.78 Å². The predicted molar refractivity (Wildman–Crippen MR) is 116 cm³/mol. The summed E-state index contributed by atoms with van der Waals surface area (Å²) in [6.45, 7) is -0.0595. The van der Waals surface area contributed by atoms with E-state index in [0.29, 0.717) is 27.1 Å². The van der Waals surface area contributed by atoms with Crippen LogP contribution in [-0.2, 0) is 0 Å². The molecule has 0 bridgehead atoms. The summed E-state index contributed by atoms with van der Waals surface area (Å²) >= 11 is 0. The Labute approximate surface area is 174 Å². The maximum absolute atomic E-state index is 11.5. The number of hydrogen-bond donors (Lipinski definition) is 3. The zero-order chi connectivity index (χ0) is 22.4. The van der Waals surface area contributed by atoms with Crippen molar-refractivity contribution in [3.8, 4) is 0 Å². The van der Waals surface area contributed by atoms with Crippen molar-refractivity contribution in [2.75, 3.05) is 6.54 Å². The number of hydrogen-bond acceptors (Lipinski definition) is 5. The molecule has 0 saturated heterocycles. The van der Waals surface area contributed by atoms with Crippen LogP contribution in [0.5, 0.6) is 0 Å². The fourth-order valence-corrected chi connectivity index (χ4v) is 3.03. The number of Topliss-reactive ketones (excluding diaryl/α,β-unsaturated/α-hetero) is 1. The molecule has 1 amide bonds. The van der Waals surface area contributed by atoms with E-state index in [9.17, 15) is 19.2 Å². The van der Waals surface area contributed by atoms with Crippen molar-refractivity contribution >= 4 is 33.2 Å². The van der Waals surface area contributed by atoms with Crippen molar-refractivity contribution in [1.82, 2.24) is 9.97 Å². The Morgan fingerprint density at radius 3 is 1.77 bits per heavy atom. The lowest BCUT2D eigenvalue weighted by atomic mass is 10.0. The zero-order valence-electron chi connectivity index (χ0n) is 16.0.